The number of halogens is 1. The van der Waals surface area contributed by atoms with Gasteiger partial charge in [0.05, 0.1) is 13.2 Å². The van der Waals surface area contributed by atoms with Crippen molar-refractivity contribution in [3.05, 3.63) is 64.7 Å². The van der Waals surface area contributed by atoms with E-state index in [2.05, 4.69) is 5.32 Å². The highest BCUT2D eigenvalue weighted by molar-refractivity contribution is 6.31. The molecule has 0 aliphatic rings. The van der Waals surface area contributed by atoms with Gasteiger partial charge >= 0.3 is 0 Å². The summed E-state index contributed by atoms with van der Waals surface area (Å²) >= 11 is 5.96. The number of carbonyl (C=O) groups is 1. The van der Waals surface area contributed by atoms with Gasteiger partial charge in [0.15, 0.2) is 6.10 Å². The van der Waals surface area contributed by atoms with E-state index < -0.39 is 18.1 Å². The Balaban J connectivity index is 2.00. The van der Waals surface area contributed by atoms with E-state index in [1.54, 1.807) is 48.5 Å². The minimum atomic E-state index is -1.39. The summed E-state index contributed by atoms with van der Waals surface area (Å²) < 4.78 is 5.17. The Labute approximate surface area is 139 Å². The Hall–Kier alpha value is -2.08. The van der Waals surface area contributed by atoms with Crippen LogP contribution in [0.3, 0.4) is 0 Å². The minimum absolute atomic E-state index is 0.0548. The lowest BCUT2D eigenvalue weighted by molar-refractivity contribution is -0.130. The van der Waals surface area contributed by atoms with Crippen LogP contribution in [0.1, 0.15) is 23.3 Å². The lowest BCUT2D eigenvalue weighted by Crippen LogP contribution is -2.33. The molecule has 5 nitrogen and oxygen atoms in total. The van der Waals surface area contributed by atoms with Gasteiger partial charge in [-0.3, -0.25) is 4.79 Å². The first kappa shape index (κ1) is 17.3. The number of ether oxygens (including phenoxy) is 1. The monoisotopic (exact) mass is 335 g/mol. The van der Waals surface area contributed by atoms with Crippen molar-refractivity contribution in [2.24, 2.45) is 0 Å². The molecule has 0 spiro atoms. The van der Waals surface area contributed by atoms with Crippen LogP contribution in [-0.4, -0.2) is 29.8 Å². The number of carbonyl (C=O) groups excluding carboxylic acids is 1. The molecule has 122 valence electrons. The van der Waals surface area contributed by atoms with Crippen LogP contribution in [0, 0.1) is 0 Å². The molecule has 0 bridgehead atoms. The number of aliphatic hydroxyl groups is 2. The third-order valence-electron chi connectivity index (χ3n) is 3.42. The highest BCUT2D eigenvalue weighted by atomic mass is 35.5. The summed E-state index contributed by atoms with van der Waals surface area (Å²) in [6.45, 7) is -0.0548. The quantitative estimate of drug-likeness (QED) is 0.756. The van der Waals surface area contributed by atoms with Crippen LogP contribution in [0.25, 0.3) is 0 Å². The van der Waals surface area contributed by atoms with Crippen molar-refractivity contribution in [3.8, 4) is 5.75 Å². The van der Waals surface area contributed by atoms with Crippen molar-refractivity contribution < 1.29 is 19.7 Å². The van der Waals surface area contributed by atoms with E-state index in [1.807, 2.05) is 0 Å². The zero-order valence-electron chi connectivity index (χ0n) is 12.6. The van der Waals surface area contributed by atoms with E-state index in [0.717, 1.165) is 0 Å². The van der Waals surface area contributed by atoms with E-state index >= 15 is 0 Å². The third kappa shape index (κ3) is 4.22. The average molecular weight is 336 g/mol. The van der Waals surface area contributed by atoms with Gasteiger partial charge in [0.25, 0.3) is 5.91 Å². The fourth-order valence-corrected chi connectivity index (χ4v) is 2.42. The fraction of sp³-hybridized carbons (Fsp3) is 0.235. The second-order valence-corrected chi connectivity index (χ2v) is 5.33. The summed E-state index contributed by atoms with van der Waals surface area (Å²) in [6.07, 6.45) is -2.35. The summed E-state index contributed by atoms with van der Waals surface area (Å²) in [5.41, 5.74) is 0.876. The fourth-order valence-electron chi connectivity index (χ4n) is 2.18. The molecule has 1 amide bonds. The van der Waals surface area contributed by atoms with E-state index in [-0.39, 0.29) is 6.54 Å². The Morgan fingerprint density at radius 3 is 2.39 bits per heavy atom. The molecule has 0 radical (unpaired) electrons. The van der Waals surface area contributed by atoms with Gasteiger partial charge < -0.3 is 20.3 Å². The molecular weight excluding hydrogens is 318 g/mol. The molecule has 0 aliphatic carbocycles. The van der Waals surface area contributed by atoms with Crippen molar-refractivity contribution >= 4 is 17.5 Å². The topological polar surface area (TPSA) is 78.8 Å². The van der Waals surface area contributed by atoms with Crippen molar-refractivity contribution in [2.75, 3.05) is 13.7 Å². The molecule has 6 heteroatoms. The number of nitrogens with one attached hydrogen (secondary N) is 1. The van der Waals surface area contributed by atoms with Gasteiger partial charge in [-0.05, 0) is 12.1 Å². The Morgan fingerprint density at radius 1 is 1.13 bits per heavy atom. The number of benzene rings is 2. The molecule has 2 aromatic rings. The number of hydrogen-bond acceptors (Lipinski definition) is 4. The molecule has 0 saturated heterocycles. The molecule has 0 heterocycles. The van der Waals surface area contributed by atoms with E-state index in [0.29, 0.717) is 21.9 Å². The van der Waals surface area contributed by atoms with Crippen molar-refractivity contribution in [1.82, 2.24) is 5.32 Å². The molecule has 3 N–H and O–H groups in total. The predicted octanol–water partition coefficient (Wildman–Crippen LogP) is 2.23. The van der Waals surface area contributed by atoms with Crippen LogP contribution < -0.4 is 10.1 Å². The van der Waals surface area contributed by atoms with Crippen LogP contribution in [-0.2, 0) is 4.79 Å². The van der Waals surface area contributed by atoms with Crippen molar-refractivity contribution in [2.45, 2.75) is 12.2 Å². The number of para-hydroxylation sites is 1. The van der Waals surface area contributed by atoms with Gasteiger partial charge in [0.2, 0.25) is 0 Å². The first-order valence-corrected chi connectivity index (χ1v) is 7.43. The number of amides is 1. The molecule has 0 unspecified atom stereocenters. The summed E-state index contributed by atoms with van der Waals surface area (Å²) in [5.74, 6) is -0.104. The lowest BCUT2D eigenvalue weighted by atomic mass is 10.1. The van der Waals surface area contributed by atoms with Crippen LogP contribution in [0.4, 0.5) is 0 Å². The zero-order valence-corrected chi connectivity index (χ0v) is 13.3. The van der Waals surface area contributed by atoms with E-state index in [1.165, 1.54) is 7.11 Å². The van der Waals surface area contributed by atoms with E-state index in [9.17, 15) is 15.0 Å². The van der Waals surface area contributed by atoms with Crippen LogP contribution in [0.5, 0.6) is 5.75 Å². The van der Waals surface area contributed by atoms with Crippen molar-refractivity contribution in [1.29, 1.82) is 0 Å². The van der Waals surface area contributed by atoms with Gasteiger partial charge in [-0.15, -0.1) is 0 Å². The predicted molar refractivity (Wildman–Crippen MR) is 87.4 cm³/mol. The number of methoxy groups -OCH3 is 1. The molecular formula is C17H18ClNO4. The standard InChI is InChI=1S/C17H18ClNO4/c1-23-15-9-5-3-7-12(15)14(20)10-19-17(22)16(21)11-6-2-4-8-13(11)18/h2-9,14,16,20-21H,10H2,1H3,(H,19,22)/t14-,16-/m1/s1. The van der Waals surface area contributed by atoms with Gasteiger partial charge in [0.1, 0.15) is 5.75 Å². The highest BCUT2D eigenvalue weighted by Crippen LogP contribution is 2.25. The molecule has 0 aliphatic heterocycles. The average Bonchev–Trinajstić information content (AvgIpc) is 2.59. The number of hydrogen-bond donors (Lipinski definition) is 3. The number of rotatable bonds is 6. The molecule has 2 atom stereocenters. The van der Waals surface area contributed by atoms with Crippen molar-refractivity contribution in [3.63, 3.8) is 0 Å². The van der Waals surface area contributed by atoms with Crippen LogP contribution in [0.2, 0.25) is 5.02 Å². The van der Waals surface area contributed by atoms with Crippen LogP contribution >= 0.6 is 11.6 Å². The summed E-state index contributed by atoms with van der Waals surface area (Å²) in [4.78, 5) is 12.0. The van der Waals surface area contributed by atoms with Gasteiger partial charge in [0, 0.05) is 22.7 Å². The molecule has 0 saturated carbocycles. The summed E-state index contributed by atoms with van der Waals surface area (Å²) in [7, 11) is 1.51. The number of aliphatic hydroxyl groups excluding tert-OH is 2. The third-order valence-corrected chi connectivity index (χ3v) is 3.76. The Bertz CT molecular complexity index is 677. The first-order chi connectivity index (χ1) is 11.0. The van der Waals surface area contributed by atoms with Gasteiger partial charge in [-0.2, -0.15) is 0 Å². The Kier molecular flexibility index (Phi) is 5.98. The zero-order chi connectivity index (χ0) is 16.8. The maximum Gasteiger partial charge on any atom is 0.253 e. The highest BCUT2D eigenvalue weighted by Gasteiger charge is 2.21. The second kappa shape index (κ2) is 7.97. The van der Waals surface area contributed by atoms with Gasteiger partial charge in [-0.1, -0.05) is 48.0 Å². The molecule has 23 heavy (non-hydrogen) atoms. The first-order valence-electron chi connectivity index (χ1n) is 7.05. The minimum Gasteiger partial charge on any atom is -0.496 e. The lowest BCUT2D eigenvalue weighted by Gasteiger charge is -2.17. The molecule has 2 rings (SSSR count). The summed E-state index contributed by atoms with van der Waals surface area (Å²) in [6, 6.07) is 13.5. The van der Waals surface area contributed by atoms with Gasteiger partial charge in [-0.25, -0.2) is 0 Å². The largest absolute Gasteiger partial charge is 0.496 e. The molecule has 0 fully saturated rings. The maximum absolute atomic E-state index is 12.0. The Morgan fingerprint density at radius 2 is 1.74 bits per heavy atom. The molecule has 0 aromatic heterocycles. The molecule has 2 aromatic carbocycles. The summed E-state index contributed by atoms with van der Waals surface area (Å²) in [5, 5.41) is 23.0. The van der Waals surface area contributed by atoms with Crippen LogP contribution in [0.15, 0.2) is 48.5 Å². The normalized spacial score (nSPS) is 13.2. The SMILES string of the molecule is COc1ccccc1[C@H](O)CNC(=O)[C@H](O)c1ccccc1Cl. The van der Waals surface area contributed by atoms with E-state index in [4.69, 9.17) is 16.3 Å². The second-order valence-electron chi connectivity index (χ2n) is 4.93. The smallest absolute Gasteiger partial charge is 0.253 e. The maximum atomic E-state index is 12.0.